The van der Waals surface area contributed by atoms with Gasteiger partial charge in [-0.1, -0.05) is 13.8 Å². The third-order valence-corrected chi connectivity index (χ3v) is 2.98. The summed E-state index contributed by atoms with van der Waals surface area (Å²) in [6.07, 6.45) is -3.87. The van der Waals surface area contributed by atoms with Crippen molar-refractivity contribution in [2.24, 2.45) is 5.92 Å². The highest BCUT2D eigenvalue weighted by Gasteiger charge is 2.39. The van der Waals surface area contributed by atoms with Gasteiger partial charge in [0, 0.05) is 6.20 Å². The summed E-state index contributed by atoms with van der Waals surface area (Å²) in [6, 6.07) is 0. The normalized spacial score (nSPS) is 11.8. The number of hydrogen-bond donors (Lipinski definition) is 2. The van der Waals surface area contributed by atoms with E-state index in [0.29, 0.717) is 0 Å². The van der Waals surface area contributed by atoms with Crippen molar-refractivity contribution in [3.8, 4) is 0 Å². The van der Waals surface area contributed by atoms with Crippen LogP contribution in [0.15, 0.2) is 6.20 Å². The fraction of sp³-hybridized carbons (Fsp3) is 0.417. The van der Waals surface area contributed by atoms with Gasteiger partial charge in [0.25, 0.3) is 0 Å². The Balaban J connectivity index is 3.70. The van der Waals surface area contributed by atoms with Crippen LogP contribution in [0.2, 0.25) is 0 Å². The van der Waals surface area contributed by atoms with Crippen molar-refractivity contribution in [2.75, 3.05) is 0 Å². The van der Waals surface area contributed by atoms with E-state index in [-0.39, 0.29) is 23.5 Å². The Labute approximate surface area is 124 Å². The molecule has 0 fully saturated rings. The van der Waals surface area contributed by atoms with Crippen LogP contribution in [0.1, 0.15) is 45.8 Å². The number of aromatic nitrogens is 1. The first kappa shape index (κ1) is 17.0. The maximum Gasteiger partial charge on any atom is 0.434 e. The summed E-state index contributed by atoms with van der Waals surface area (Å²) in [5.74, 6) is -0.0589. The number of pyridine rings is 1. The topological polar surface area (TPSA) is 47.0 Å². The van der Waals surface area contributed by atoms with Gasteiger partial charge in [0.15, 0.2) is 5.69 Å². The molecule has 3 nitrogen and oxygen atoms in total. The molecule has 1 heterocycles. The minimum atomic E-state index is -4.79. The first-order valence-corrected chi connectivity index (χ1v) is 6.50. The molecule has 0 spiro atoms. The zero-order chi connectivity index (χ0) is 15.7. The quantitative estimate of drug-likeness (QED) is 0.835. The highest BCUT2D eigenvalue weighted by atomic mass is 32.1. The Kier molecular flexibility index (Phi) is 5.26. The maximum absolute atomic E-state index is 12.9. The molecule has 0 aliphatic carbocycles. The fourth-order valence-corrected chi connectivity index (χ4v) is 2.23. The molecule has 0 amide bonds. The standard InChI is InChI=1S/C12H12F3NO2S2/c1-5(2)3-6-7(10(17)19)4-16-9(12(13,14)15)8(6)11(18)20/h4-5H,3H2,1-2H3,(H,17,19)(H,18,20). The average Bonchev–Trinajstić information content (AvgIpc) is 2.25. The molecule has 0 saturated heterocycles. The van der Waals surface area contributed by atoms with Crippen molar-refractivity contribution >= 4 is 35.5 Å². The first-order valence-electron chi connectivity index (χ1n) is 5.61. The first-order chi connectivity index (χ1) is 9.05. The van der Waals surface area contributed by atoms with E-state index in [1.54, 1.807) is 13.8 Å². The van der Waals surface area contributed by atoms with E-state index < -0.39 is 27.7 Å². The molecular formula is C12H12F3NO2S2. The van der Waals surface area contributed by atoms with E-state index in [4.69, 9.17) is 0 Å². The van der Waals surface area contributed by atoms with Crippen LogP contribution >= 0.6 is 25.3 Å². The number of halogens is 3. The molecule has 8 heteroatoms. The second-order valence-electron chi connectivity index (χ2n) is 4.58. The molecular weight excluding hydrogens is 311 g/mol. The van der Waals surface area contributed by atoms with Gasteiger partial charge in [0.1, 0.15) is 0 Å². The Hall–Kier alpha value is -1.02. The van der Waals surface area contributed by atoms with Gasteiger partial charge in [-0.05, 0) is 17.9 Å². The van der Waals surface area contributed by atoms with Crippen LogP contribution in [0, 0.1) is 5.92 Å². The molecule has 0 saturated carbocycles. The lowest BCUT2D eigenvalue weighted by Crippen LogP contribution is -2.19. The lowest BCUT2D eigenvalue weighted by atomic mass is 9.94. The second-order valence-corrected chi connectivity index (χ2v) is 5.39. The van der Waals surface area contributed by atoms with Crippen molar-refractivity contribution < 1.29 is 22.8 Å². The number of nitrogens with zero attached hydrogens (tertiary/aromatic N) is 1. The summed E-state index contributed by atoms with van der Waals surface area (Å²) in [7, 11) is 0. The number of hydrogen-bond acceptors (Lipinski definition) is 3. The zero-order valence-corrected chi connectivity index (χ0v) is 12.4. The Bertz CT molecular complexity index is 556. The molecule has 0 aliphatic heterocycles. The minimum absolute atomic E-state index is 0.0117. The summed E-state index contributed by atoms with van der Waals surface area (Å²) < 4.78 is 38.7. The lowest BCUT2D eigenvalue weighted by molar-refractivity contribution is -0.141. The highest BCUT2D eigenvalue weighted by Crippen LogP contribution is 2.34. The van der Waals surface area contributed by atoms with E-state index in [9.17, 15) is 22.8 Å². The van der Waals surface area contributed by atoms with Gasteiger partial charge in [-0.15, -0.1) is 25.3 Å². The Morgan fingerprint density at radius 3 is 2.15 bits per heavy atom. The smallest absolute Gasteiger partial charge is 0.282 e. The fourth-order valence-electron chi connectivity index (χ4n) is 1.80. The van der Waals surface area contributed by atoms with Crippen molar-refractivity contribution in [2.45, 2.75) is 26.4 Å². The van der Waals surface area contributed by atoms with Gasteiger partial charge in [-0.2, -0.15) is 13.2 Å². The Morgan fingerprint density at radius 2 is 1.80 bits per heavy atom. The molecule has 0 unspecified atom stereocenters. The molecule has 0 radical (unpaired) electrons. The molecule has 1 aromatic rings. The SMILES string of the molecule is CC(C)Cc1c(C(=O)S)cnc(C(F)(F)F)c1C(=O)S. The summed E-state index contributed by atoms with van der Waals surface area (Å²) in [5.41, 5.74) is -2.12. The van der Waals surface area contributed by atoms with Crippen molar-refractivity contribution in [1.29, 1.82) is 0 Å². The lowest BCUT2D eigenvalue weighted by Gasteiger charge is -2.17. The van der Waals surface area contributed by atoms with Crippen LogP contribution in [-0.2, 0) is 12.6 Å². The van der Waals surface area contributed by atoms with E-state index in [1.807, 2.05) is 0 Å². The number of rotatable bonds is 4. The highest BCUT2D eigenvalue weighted by molar-refractivity contribution is 7.97. The predicted octanol–water partition coefficient (Wildman–Crippen LogP) is 3.44. The number of carbonyl (C=O) groups excluding carboxylic acids is 2. The molecule has 0 bridgehead atoms. The molecule has 20 heavy (non-hydrogen) atoms. The molecule has 0 N–H and O–H groups in total. The number of alkyl halides is 3. The third-order valence-electron chi connectivity index (χ3n) is 2.51. The van der Waals surface area contributed by atoms with E-state index in [2.05, 4.69) is 30.2 Å². The van der Waals surface area contributed by atoms with Crippen LogP contribution in [0.3, 0.4) is 0 Å². The van der Waals surface area contributed by atoms with Gasteiger partial charge in [-0.25, -0.2) is 0 Å². The Morgan fingerprint density at radius 1 is 1.25 bits per heavy atom. The second kappa shape index (κ2) is 6.17. The van der Waals surface area contributed by atoms with Crippen LogP contribution in [-0.4, -0.2) is 15.2 Å². The molecule has 1 aromatic heterocycles. The van der Waals surface area contributed by atoms with Crippen LogP contribution < -0.4 is 0 Å². The van der Waals surface area contributed by atoms with Crippen LogP contribution in [0.5, 0.6) is 0 Å². The average molecular weight is 323 g/mol. The summed E-state index contributed by atoms with van der Waals surface area (Å²) in [6.45, 7) is 3.51. The van der Waals surface area contributed by atoms with Crippen LogP contribution in [0.25, 0.3) is 0 Å². The third kappa shape index (κ3) is 3.76. The van der Waals surface area contributed by atoms with Gasteiger partial charge >= 0.3 is 6.18 Å². The van der Waals surface area contributed by atoms with Crippen LogP contribution in [0.4, 0.5) is 13.2 Å². The van der Waals surface area contributed by atoms with Crippen molar-refractivity contribution in [1.82, 2.24) is 4.98 Å². The maximum atomic E-state index is 12.9. The van der Waals surface area contributed by atoms with E-state index in [1.165, 1.54) is 0 Å². The minimum Gasteiger partial charge on any atom is -0.282 e. The monoisotopic (exact) mass is 323 g/mol. The summed E-state index contributed by atoms with van der Waals surface area (Å²) in [5, 5.41) is -1.81. The van der Waals surface area contributed by atoms with E-state index in [0.717, 1.165) is 6.20 Å². The molecule has 0 aliphatic rings. The number of thiol groups is 2. The number of carbonyl (C=O) groups is 2. The largest absolute Gasteiger partial charge is 0.434 e. The van der Waals surface area contributed by atoms with Gasteiger partial charge in [0.05, 0.1) is 11.1 Å². The predicted molar refractivity (Wildman–Crippen MR) is 74.4 cm³/mol. The summed E-state index contributed by atoms with van der Waals surface area (Å²) >= 11 is 7.09. The molecule has 1 rings (SSSR count). The summed E-state index contributed by atoms with van der Waals surface area (Å²) in [4.78, 5) is 26.1. The van der Waals surface area contributed by atoms with Gasteiger partial charge in [-0.3, -0.25) is 14.6 Å². The molecule has 0 atom stereocenters. The van der Waals surface area contributed by atoms with Gasteiger partial charge < -0.3 is 0 Å². The zero-order valence-electron chi connectivity index (χ0n) is 10.7. The van der Waals surface area contributed by atoms with E-state index >= 15 is 0 Å². The molecule has 110 valence electrons. The molecule has 0 aromatic carbocycles. The van der Waals surface area contributed by atoms with Crippen molar-refractivity contribution in [3.63, 3.8) is 0 Å². The van der Waals surface area contributed by atoms with Crippen molar-refractivity contribution in [3.05, 3.63) is 28.6 Å². The van der Waals surface area contributed by atoms with Gasteiger partial charge in [0.2, 0.25) is 10.2 Å².